The minimum absolute atomic E-state index is 0.182. The van der Waals surface area contributed by atoms with Crippen LogP contribution in [0.5, 0.6) is 5.75 Å². The number of para-hydroxylation sites is 2. The van der Waals surface area contributed by atoms with Gasteiger partial charge in [0.05, 0.1) is 12.3 Å². The lowest BCUT2D eigenvalue weighted by atomic mass is 10.1. The average Bonchev–Trinajstić information content (AvgIpc) is 2.63. The summed E-state index contributed by atoms with van der Waals surface area (Å²) in [5.74, 6) is 0.334. The van der Waals surface area contributed by atoms with E-state index in [0.717, 1.165) is 5.39 Å². The van der Waals surface area contributed by atoms with Crippen molar-refractivity contribution in [2.24, 2.45) is 0 Å². The summed E-state index contributed by atoms with van der Waals surface area (Å²) in [4.78, 5) is 25.3. The molecule has 128 valence electrons. The van der Waals surface area contributed by atoms with E-state index in [-0.39, 0.29) is 11.5 Å². The molecule has 3 aromatic rings. The Labute approximate surface area is 145 Å². The molecule has 0 bridgehead atoms. The predicted octanol–water partition coefficient (Wildman–Crippen LogP) is 3.60. The number of ether oxygens (including phenoxy) is 1. The Hall–Kier alpha value is -3.08. The number of pyridine rings is 1. The van der Waals surface area contributed by atoms with Gasteiger partial charge in [0.2, 0.25) is 5.91 Å². The normalized spacial score (nSPS) is 11.9. The maximum absolute atomic E-state index is 12.7. The zero-order chi connectivity index (χ0) is 17.8. The van der Waals surface area contributed by atoms with Crippen LogP contribution in [0.1, 0.15) is 19.9 Å². The summed E-state index contributed by atoms with van der Waals surface area (Å²) in [6.45, 7) is 4.09. The number of rotatable bonds is 5. The first-order valence-electron chi connectivity index (χ1n) is 8.24. The fourth-order valence-electron chi connectivity index (χ4n) is 2.72. The van der Waals surface area contributed by atoms with Gasteiger partial charge in [-0.15, -0.1) is 0 Å². The van der Waals surface area contributed by atoms with Gasteiger partial charge in [-0.05, 0) is 43.5 Å². The fourth-order valence-corrected chi connectivity index (χ4v) is 2.72. The van der Waals surface area contributed by atoms with Crippen molar-refractivity contribution in [2.75, 3.05) is 11.9 Å². The Morgan fingerprint density at radius 1 is 1.12 bits per heavy atom. The van der Waals surface area contributed by atoms with Crippen molar-refractivity contribution in [3.8, 4) is 5.75 Å². The van der Waals surface area contributed by atoms with E-state index in [4.69, 9.17) is 4.74 Å². The maximum atomic E-state index is 12.7. The lowest BCUT2D eigenvalue weighted by molar-refractivity contribution is -0.118. The zero-order valence-electron chi connectivity index (χ0n) is 14.2. The van der Waals surface area contributed by atoms with Crippen LogP contribution in [0.15, 0.2) is 65.6 Å². The van der Waals surface area contributed by atoms with Crippen molar-refractivity contribution in [1.29, 1.82) is 0 Å². The summed E-state index contributed by atoms with van der Waals surface area (Å²) in [5, 5.41) is 4.30. The second kappa shape index (κ2) is 7.21. The number of hydrogen-bond donors (Lipinski definition) is 1. The molecule has 1 atom stereocenters. The third-order valence-corrected chi connectivity index (χ3v) is 4.08. The molecule has 0 radical (unpaired) electrons. The van der Waals surface area contributed by atoms with Gasteiger partial charge in [0.15, 0.2) is 0 Å². The van der Waals surface area contributed by atoms with Crippen molar-refractivity contribution in [1.82, 2.24) is 4.57 Å². The molecule has 2 aromatic carbocycles. The smallest absolute Gasteiger partial charge is 0.259 e. The molecule has 1 unspecified atom stereocenters. The molecule has 0 aliphatic carbocycles. The summed E-state index contributed by atoms with van der Waals surface area (Å²) in [6, 6.07) is 15.8. The van der Waals surface area contributed by atoms with Gasteiger partial charge in [-0.3, -0.25) is 9.59 Å². The topological polar surface area (TPSA) is 60.3 Å². The third kappa shape index (κ3) is 3.40. The van der Waals surface area contributed by atoms with Crippen LogP contribution in [0.25, 0.3) is 10.8 Å². The molecular formula is C20H20N2O3. The maximum Gasteiger partial charge on any atom is 0.259 e. The van der Waals surface area contributed by atoms with Crippen molar-refractivity contribution >= 4 is 22.4 Å². The molecule has 5 nitrogen and oxygen atoms in total. The van der Waals surface area contributed by atoms with E-state index in [9.17, 15) is 9.59 Å². The van der Waals surface area contributed by atoms with Crippen LogP contribution in [0.2, 0.25) is 0 Å². The summed E-state index contributed by atoms with van der Waals surface area (Å²) in [5.41, 5.74) is 0.411. The Balaban J connectivity index is 1.89. The monoisotopic (exact) mass is 336 g/mol. The van der Waals surface area contributed by atoms with Gasteiger partial charge in [-0.1, -0.05) is 30.3 Å². The molecule has 0 aliphatic rings. The molecule has 0 spiro atoms. The molecule has 1 amide bonds. The summed E-state index contributed by atoms with van der Waals surface area (Å²) in [7, 11) is 0. The number of fused-ring (bicyclic) bond motifs is 1. The highest BCUT2D eigenvalue weighted by atomic mass is 16.5. The van der Waals surface area contributed by atoms with Gasteiger partial charge in [0, 0.05) is 11.6 Å². The highest BCUT2D eigenvalue weighted by Crippen LogP contribution is 2.24. The second-order valence-electron chi connectivity index (χ2n) is 5.71. The number of carbonyl (C=O) groups excluding carboxylic acids is 1. The number of nitrogens with zero attached hydrogens (tertiary/aromatic N) is 1. The molecule has 0 saturated carbocycles. The third-order valence-electron chi connectivity index (χ3n) is 4.08. The molecule has 0 saturated heterocycles. The Morgan fingerprint density at radius 2 is 1.84 bits per heavy atom. The van der Waals surface area contributed by atoms with Gasteiger partial charge in [0.25, 0.3) is 5.56 Å². The van der Waals surface area contributed by atoms with E-state index < -0.39 is 6.04 Å². The van der Waals surface area contributed by atoms with E-state index in [2.05, 4.69) is 5.32 Å². The van der Waals surface area contributed by atoms with Crippen LogP contribution in [-0.4, -0.2) is 17.1 Å². The van der Waals surface area contributed by atoms with E-state index >= 15 is 0 Å². The fraction of sp³-hybridized carbons (Fsp3) is 0.200. The van der Waals surface area contributed by atoms with Crippen LogP contribution in [-0.2, 0) is 4.79 Å². The Morgan fingerprint density at radius 3 is 2.64 bits per heavy atom. The summed E-state index contributed by atoms with van der Waals surface area (Å²) >= 11 is 0. The van der Waals surface area contributed by atoms with E-state index in [0.29, 0.717) is 23.4 Å². The average molecular weight is 336 g/mol. The minimum Gasteiger partial charge on any atom is -0.492 e. The number of hydrogen-bond acceptors (Lipinski definition) is 3. The predicted molar refractivity (Wildman–Crippen MR) is 99.2 cm³/mol. The first-order chi connectivity index (χ1) is 12.1. The van der Waals surface area contributed by atoms with Gasteiger partial charge >= 0.3 is 0 Å². The van der Waals surface area contributed by atoms with E-state index in [1.807, 2.05) is 43.3 Å². The summed E-state index contributed by atoms with van der Waals surface area (Å²) in [6.07, 6.45) is 1.66. The lowest BCUT2D eigenvalue weighted by Crippen LogP contribution is -2.31. The summed E-state index contributed by atoms with van der Waals surface area (Å²) < 4.78 is 6.97. The number of nitrogens with one attached hydrogen (secondary N) is 1. The van der Waals surface area contributed by atoms with Gasteiger partial charge in [-0.2, -0.15) is 0 Å². The molecule has 3 rings (SSSR count). The number of aromatic nitrogens is 1. The molecule has 5 heteroatoms. The molecule has 1 aromatic heterocycles. The quantitative estimate of drug-likeness (QED) is 0.774. The minimum atomic E-state index is -0.646. The molecule has 1 heterocycles. The Kier molecular flexibility index (Phi) is 4.84. The van der Waals surface area contributed by atoms with Crippen molar-refractivity contribution in [3.63, 3.8) is 0 Å². The molecule has 25 heavy (non-hydrogen) atoms. The SMILES string of the molecule is CCOc1ccccc1NC(=O)C(C)n1ccc2ccccc2c1=O. The van der Waals surface area contributed by atoms with Gasteiger partial charge in [-0.25, -0.2) is 0 Å². The molecule has 0 fully saturated rings. The van der Waals surface area contributed by atoms with Gasteiger partial charge < -0.3 is 14.6 Å². The van der Waals surface area contributed by atoms with E-state index in [1.54, 1.807) is 31.3 Å². The number of amides is 1. The molecule has 1 N–H and O–H groups in total. The van der Waals surface area contributed by atoms with E-state index in [1.165, 1.54) is 4.57 Å². The van der Waals surface area contributed by atoms with Crippen molar-refractivity contribution in [2.45, 2.75) is 19.9 Å². The van der Waals surface area contributed by atoms with Crippen LogP contribution in [0.4, 0.5) is 5.69 Å². The molecular weight excluding hydrogens is 316 g/mol. The van der Waals surface area contributed by atoms with Crippen LogP contribution in [0.3, 0.4) is 0 Å². The van der Waals surface area contributed by atoms with Crippen LogP contribution >= 0.6 is 0 Å². The molecule has 0 aliphatic heterocycles. The number of anilines is 1. The van der Waals surface area contributed by atoms with Crippen molar-refractivity contribution in [3.05, 3.63) is 71.1 Å². The highest BCUT2D eigenvalue weighted by molar-refractivity contribution is 5.95. The first kappa shape index (κ1) is 16.8. The van der Waals surface area contributed by atoms with Crippen LogP contribution < -0.4 is 15.6 Å². The first-order valence-corrected chi connectivity index (χ1v) is 8.24. The zero-order valence-corrected chi connectivity index (χ0v) is 14.2. The lowest BCUT2D eigenvalue weighted by Gasteiger charge is -2.17. The van der Waals surface area contributed by atoms with Crippen LogP contribution in [0, 0.1) is 0 Å². The highest BCUT2D eigenvalue weighted by Gasteiger charge is 2.18. The Bertz CT molecular complexity index is 962. The standard InChI is InChI=1S/C20H20N2O3/c1-3-25-18-11-7-6-10-17(18)21-19(23)14(2)22-13-12-15-8-4-5-9-16(15)20(22)24/h4-14H,3H2,1-2H3,(H,21,23). The number of benzene rings is 2. The van der Waals surface area contributed by atoms with Crippen molar-refractivity contribution < 1.29 is 9.53 Å². The second-order valence-corrected chi connectivity index (χ2v) is 5.71. The van der Waals surface area contributed by atoms with Gasteiger partial charge in [0.1, 0.15) is 11.8 Å². The number of carbonyl (C=O) groups is 1. The largest absolute Gasteiger partial charge is 0.492 e.